The van der Waals surface area contributed by atoms with Gasteiger partial charge in [0.1, 0.15) is 5.75 Å². The molecule has 0 fully saturated rings. The molecule has 5 nitrogen and oxygen atoms in total. The van der Waals surface area contributed by atoms with Crippen molar-refractivity contribution in [3.05, 3.63) is 58.6 Å². The highest BCUT2D eigenvalue weighted by atomic mass is 35.5. The highest BCUT2D eigenvalue weighted by Crippen LogP contribution is 2.20. The Morgan fingerprint density at radius 3 is 2.58 bits per heavy atom. The second kappa shape index (κ2) is 9.25. The van der Waals surface area contributed by atoms with Crippen LogP contribution in [-0.4, -0.2) is 24.6 Å². The van der Waals surface area contributed by atoms with Crippen LogP contribution in [0.3, 0.4) is 0 Å². The van der Waals surface area contributed by atoms with Crippen LogP contribution in [0.1, 0.15) is 24.5 Å². The molecule has 0 aromatic heterocycles. The van der Waals surface area contributed by atoms with E-state index in [1.165, 1.54) is 6.92 Å². The Labute approximate surface area is 158 Å². The van der Waals surface area contributed by atoms with Gasteiger partial charge in [0.15, 0.2) is 6.10 Å². The molecule has 2 aromatic carbocycles. The number of benzene rings is 2. The van der Waals surface area contributed by atoms with Gasteiger partial charge in [-0.05, 0) is 50.1 Å². The van der Waals surface area contributed by atoms with Gasteiger partial charge in [0.05, 0.1) is 13.0 Å². The lowest BCUT2D eigenvalue weighted by molar-refractivity contribution is -0.153. The van der Waals surface area contributed by atoms with Gasteiger partial charge in [-0.1, -0.05) is 35.9 Å². The first-order valence-electron chi connectivity index (χ1n) is 8.31. The largest absolute Gasteiger partial charge is 0.493 e. The molecule has 0 saturated heterocycles. The number of halogens is 1. The third-order valence-corrected chi connectivity index (χ3v) is 4.03. The van der Waals surface area contributed by atoms with Crippen LogP contribution in [0.4, 0.5) is 5.69 Å². The predicted molar refractivity (Wildman–Crippen MR) is 102 cm³/mol. The van der Waals surface area contributed by atoms with Crippen molar-refractivity contribution >= 4 is 29.2 Å². The third kappa shape index (κ3) is 5.77. The van der Waals surface area contributed by atoms with Crippen LogP contribution in [0.15, 0.2) is 42.5 Å². The number of aryl methyl sites for hydroxylation is 2. The molecule has 1 N–H and O–H groups in total. The smallest absolute Gasteiger partial charge is 0.310 e. The zero-order chi connectivity index (χ0) is 19.1. The molecular weight excluding hydrogens is 354 g/mol. The number of carbonyl (C=O) groups is 2. The number of amides is 1. The van der Waals surface area contributed by atoms with Crippen molar-refractivity contribution in [2.75, 3.05) is 11.9 Å². The first-order chi connectivity index (χ1) is 12.4. The Hall–Kier alpha value is -2.53. The first-order valence-corrected chi connectivity index (χ1v) is 8.69. The standard InChI is InChI=1S/C20H22ClNO4/c1-13-8-9-16(21)12-17(13)22-20(24)15(3)26-19(23)10-11-25-18-7-5-4-6-14(18)2/h4-9,12,15H,10-11H2,1-3H3,(H,22,24). The molecule has 0 saturated carbocycles. The van der Waals surface area contributed by atoms with Crippen LogP contribution in [-0.2, 0) is 14.3 Å². The molecule has 0 radical (unpaired) electrons. The third-order valence-electron chi connectivity index (χ3n) is 3.79. The van der Waals surface area contributed by atoms with E-state index in [0.29, 0.717) is 10.7 Å². The number of nitrogens with one attached hydrogen (secondary N) is 1. The molecule has 2 aromatic rings. The minimum Gasteiger partial charge on any atom is -0.493 e. The Morgan fingerprint density at radius 1 is 1.12 bits per heavy atom. The summed E-state index contributed by atoms with van der Waals surface area (Å²) in [5.41, 5.74) is 2.45. The molecule has 0 aliphatic heterocycles. The van der Waals surface area contributed by atoms with Crippen molar-refractivity contribution in [3.63, 3.8) is 0 Å². The Morgan fingerprint density at radius 2 is 1.85 bits per heavy atom. The van der Waals surface area contributed by atoms with E-state index in [0.717, 1.165) is 16.9 Å². The molecule has 0 aliphatic carbocycles. The van der Waals surface area contributed by atoms with Crippen LogP contribution in [0.2, 0.25) is 5.02 Å². The summed E-state index contributed by atoms with van der Waals surface area (Å²) in [6, 6.07) is 12.7. The Kier molecular flexibility index (Phi) is 7.04. The number of carbonyl (C=O) groups excluding carboxylic acids is 2. The van der Waals surface area contributed by atoms with Crippen molar-refractivity contribution < 1.29 is 19.1 Å². The van der Waals surface area contributed by atoms with Crippen molar-refractivity contribution in [2.24, 2.45) is 0 Å². The Bertz CT molecular complexity index is 791. The van der Waals surface area contributed by atoms with Gasteiger partial charge in [0.25, 0.3) is 5.91 Å². The molecule has 0 bridgehead atoms. The topological polar surface area (TPSA) is 64.6 Å². The van der Waals surface area contributed by atoms with E-state index in [9.17, 15) is 9.59 Å². The van der Waals surface area contributed by atoms with Gasteiger partial charge < -0.3 is 14.8 Å². The summed E-state index contributed by atoms with van der Waals surface area (Å²) in [4.78, 5) is 24.1. The molecule has 26 heavy (non-hydrogen) atoms. The summed E-state index contributed by atoms with van der Waals surface area (Å²) in [5.74, 6) is -0.185. The predicted octanol–water partition coefficient (Wildman–Crippen LogP) is 4.30. The maximum atomic E-state index is 12.2. The van der Waals surface area contributed by atoms with Gasteiger partial charge in [-0.3, -0.25) is 9.59 Å². The molecule has 0 aliphatic rings. The normalized spacial score (nSPS) is 11.5. The molecule has 2 rings (SSSR count). The average Bonchev–Trinajstić information content (AvgIpc) is 2.59. The van der Waals surface area contributed by atoms with Crippen molar-refractivity contribution in [3.8, 4) is 5.75 Å². The fourth-order valence-electron chi connectivity index (χ4n) is 2.24. The summed E-state index contributed by atoms with van der Waals surface area (Å²) in [5, 5.41) is 3.23. The fourth-order valence-corrected chi connectivity index (χ4v) is 2.41. The number of ether oxygens (including phenoxy) is 2. The lowest BCUT2D eigenvalue weighted by atomic mass is 10.2. The molecule has 0 heterocycles. The van der Waals surface area contributed by atoms with Gasteiger partial charge >= 0.3 is 5.97 Å². The highest BCUT2D eigenvalue weighted by molar-refractivity contribution is 6.31. The molecular formula is C20H22ClNO4. The maximum absolute atomic E-state index is 12.2. The monoisotopic (exact) mass is 375 g/mol. The molecule has 1 amide bonds. The van der Waals surface area contributed by atoms with Gasteiger partial charge in [-0.2, -0.15) is 0 Å². The zero-order valence-electron chi connectivity index (χ0n) is 15.0. The Balaban J connectivity index is 1.79. The van der Waals surface area contributed by atoms with Crippen molar-refractivity contribution in [1.82, 2.24) is 0 Å². The van der Waals surface area contributed by atoms with Crippen LogP contribution in [0.5, 0.6) is 5.75 Å². The highest BCUT2D eigenvalue weighted by Gasteiger charge is 2.18. The minimum absolute atomic E-state index is 0.0577. The summed E-state index contributed by atoms with van der Waals surface area (Å²) in [7, 11) is 0. The van der Waals surface area contributed by atoms with Crippen LogP contribution < -0.4 is 10.1 Å². The fraction of sp³-hybridized carbons (Fsp3) is 0.300. The van der Waals surface area contributed by atoms with Crippen molar-refractivity contribution in [2.45, 2.75) is 33.3 Å². The molecule has 138 valence electrons. The van der Waals surface area contributed by atoms with Crippen LogP contribution in [0, 0.1) is 13.8 Å². The number of anilines is 1. The van der Waals surface area contributed by atoms with Gasteiger partial charge in [0.2, 0.25) is 0 Å². The SMILES string of the molecule is Cc1ccc(Cl)cc1NC(=O)C(C)OC(=O)CCOc1ccccc1C. The minimum atomic E-state index is -0.917. The number of para-hydroxylation sites is 1. The van der Waals surface area contributed by atoms with E-state index in [2.05, 4.69) is 5.32 Å². The van der Waals surface area contributed by atoms with E-state index in [4.69, 9.17) is 21.1 Å². The number of esters is 1. The molecule has 1 unspecified atom stereocenters. The maximum Gasteiger partial charge on any atom is 0.310 e. The number of hydrogen-bond donors (Lipinski definition) is 1. The first kappa shape index (κ1) is 19.8. The zero-order valence-corrected chi connectivity index (χ0v) is 15.8. The summed E-state index contributed by atoms with van der Waals surface area (Å²) in [6.45, 7) is 5.49. The number of rotatable bonds is 7. The van der Waals surface area contributed by atoms with E-state index >= 15 is 0 Å². The summed E-state index contributed by atoms with van der Waals surface area (Å²) < 4.78 is 10.7. The summed E-state index contributed by atoms with van der Waals surface area (Å²) >= 11 is 5.93. The van der Waals surface area contributed by atoms with Crippen LogP contribution in [0.25, 0.3) is 0 Å². The lowest BCUT2D eigenvalue weighted by Crippen LogP contribution is -2.30. The lowest BCUT2D eigenvalue weighted by Gasteiger charge is -2.15. The second-order valence-electron chi connectivity index (χ2n) is 5.94. The average molecular weight is 376 g/mol. The molecule has 6 heteroatoms. The van der Waals surface area contributed by atoms with E-state index < -0.39 is 18.0 Å². The number of hydrogen-bond acceptors (Lipinski definition) is 4. The molecule has 1 atom stereocenters. The van der Waals surface area contributed by atoms with E-state index in [1.54, 1.807) is 18.2 Å². The van der Waals surface area contributed by atoms with Crippen LogP contribution >= 0.6 is 11.6 Å². The molecule has 0 spiro atoms. The van der Waals surface area contributed by atoms with Crippen molar-refractivity contribution in [1.29, 1.82) is 0 Å². The van der Waals surface area contributed by atoms with Gasteiger partial charge in [-0.25, -0.2) is 0 Å². The van der Waals surface area contributed by atoms with E-state index in [-0.39, 0.29) is 13.0 Å². The quantitative estimate of drug-likeness (QED) is 0.733. The summed E-state index contributed by atoms with van der Waals surface area (Å²) in [6.07, 6.45) is -0.860. The van der Waals surface area contributed by atoms with Gasteiger partial charge in [0, 0.05) is 10.7 Å². The van der Waals surface area contributed by atoms with E-state index in [1.807, 2.05) is 38.1 Å². The second-order valence-corrected chi connectivity index (χ2v) is 6.38. The van der Waals surface area contributed by atoms with Gasteiger partial charge in [-0.15, -0.1) is 0 Å².